The third-order valence-corrected chi connectivity index (χ3v) is 7.79. The zero-order valence-electron chi connectivity index (χ0n) is 18.6. The Labute approximate surface area is 194 Å². The Balaban J connectivity index is 1.53. The SMILES string of the molecule is CN1CCN(S(=O)(=O)c2cccc(C(=O)Nc3ccccc3C(=O)N3CCOCC3)c2)CC1. The maximum absolute atomic E-state index is 13.1. The van der Waals surface area contributed by atoms with Crippen LogP contribution in [0.1, 0.15) is 20.7 Å². The number of likely N-dealkylation sites (N-methyl/N-ethyl adjacent to an activating group) is 1. The van der Waals surface area contributed by atoms with Crippen molar-refractivity contribution in [1.82, 2.24) is 14.1 Å². The molecule has 2 heterocycles. The summed E-state index contributed by atoms with van der Waals surface area (Å²) >= 11 is 0. The molecule has 0 atom stereocenters. The van der Waals surface area contributed by atoms with Gasteiger partial charge in [0.05, 0.1) is 29.4 Å². The number of morpholine rings is 1. The lowest BCUT2D eigenvalue weighted by Crippen LogP contribution is -2.47. The third-order valence-electron chi connectivity index (χ3n) is 5.90. The summed E-state index contributed by atoms with van der Waals surface area (Å²) in [5.41, 5.74) is 0.971. The van der Waals surface area contributed by atoms with Gasteiger partial charge >= 0.3 is 0 Å². The van der Waals surface area contributed by atoms with Crippen molar-refractivity contribution < 1.29 is 22.7 Å². The first-order valence-corrected chi connectivity index (χ1v) is 12.4. The Hall–Kier alpha value is -2.79. The topological polar surface area (TPSA) is 99.3 Å². The minimum atomic E-state index is -3.70. The molecule has 2 saturated heterocycles. The number of hydrogen-bond acceptors (Lipinski definition) is 6. The van der Waals surface area contributed by atoms with Crippen molar-refractivity contribution in [3.8, 4) is 0 Å². The molecule has 0 unspecified atom stereocenters. The minimum Gasteiger partial charge on any atom is -0.378 e. The second-order valence-corrected chi connectivity index (χ2v) is 10.1. The minimum absolute atomic E-state index is 0.0809. The number of ether oxygens (including phenoxy) is 1. The Bertz CT molecular complexity index is 1120. The van der Waals surface area contributed by atoms with Gasteiger partial charge in [0.1, 0.15) is 0 Å². The molecule has 33 heavy (non-hydrogen) atoms. The monoisotopic (exact) mass is 472 g/mol. The highest BCUT2D eigenvalue weighted by atomic mass is 32.2. The first kappa shape index (κ1) is 23.4. The molecular weight excluding hydrogens is 444 g/mol. The van der Waals surface area contributed by atoms with Gasteiger partial charge in [0.15, 0.2) is 0 Å². The summed E-state index contributed by atoms with van der Waals surface area (Å²) in [5, 5.41) is 2.78. The Morgan fingerprint density at radius 1 is 0.909 bits per heavy atom. The van der Waals surface area contributed by atoms with E-state index in [1.807, 2.05) is 7.05 Å². The van der Waals surface area contributed by atoms with Gasteiger partial charge in [-0.1, -0.05) is 18.2 Å². The molecule has 2 aromatic rings. The molecule has 0 saturated carbocycles. The molecule has 0 bridgehead atoms. The van der Waals surface area contributed by atoms with Crippen LogP contribution in [0.3, 0.4) is 0 Å². The van der Waals surface area contributed by atoms with Gasteiger partial charge in [0, 0.05) is 44.8 Å². The lowest BCUT2D eigenvalue weighted by molar-refractivity contribution is 0.0303. The van der Waals surface area contributed by atoms with E-state index in [1.54, 1.807) is 41.3 Å². The molecule has 4 rings (SSSR count). The zero-order chi connectivity index (χ0) is 23.4. The van der Waals surface area contributed by atoms with E-state index in [0.717, 1.165) is 0 Å². The van der Waals surface area contributed by atoms with E-state index < -0.39 is 15.9 Å². The largest absolute Gasteiger partial charge is 0.378 e. The van der Waals surface area contributed by atoms with Crippen LogP contribution in [0.4, 0.5) is 5.69 Å². The molecule has 0 radical (unpaired) electrons. The van der Waals surface area contributed by atoms with Gasteiger partial charge in [-0.3, -0.25) is 9.59 Å². The number of hydrogen-bond donors (Lipinski definition) is 1. The molecule has 0 aromatic heterocycles. The predicted octanol–water partition coefficient (Wildman–Crippen LogP) is 1.35. The maximum Gasteiger partial charge on any atom is 0.256 e. The van der Waals surface area contributed by atoms with Crippen LogP contribution in [0.25, 0.3) is 0 Å². The second kappa shape index (κ2) is 10.0. The number of piperazine rings is 1. The van der Waals surface area contributed by atoms with E-state index in [2.05, 4.69) is 10.2 Å². The van der Waals surface area contributed by atoms with Crippen LogP contribution in [0.2, 0.25) is 0 Å². The molecular formula is C23H28N4O5S. The normalized spacial score (nSPS) is 18.2. The number of anilines is 1. The zero-order valence-corrected chi connectivity index (χ0v) is 19.4. The number of rotatable bonds is 5. The third kappa shape index (κ3) is 5.25. The second-order valence-electron chi connectivity index (χ2n) is 8.14. The van der Waals surface area contributed by atoms with Gasteiger partial charge in [-0.15, -0.1) is 0 Å². The molecule has 2 fully saturated rings. The fourth-order valence-corrected chi connectivity index (χ4v) is 5.35. The van der Waals surface area contributed by atoms with Crippen LogP contribution >= 0.6 is 0 Å². The predicted molar refractivity (Wildman–Crippen MR) is 124 cm³/mol. The molecule has 9 nitrogen and oxygen atoms in total. The molecule has 2 aliphatic heterocycles. The Kier molecular flexibility index (Phi) is 7.08. The van der Waals surface area contributed by atoms with Crippen molar-refractivity contribution in [2.45, 2.75) is 4.90 Å². The number of nitrogens with zero attached hydrogens (tertiary/aromatic N) is 3. The fraction of sp³-hybridized carbons (Fsp3) is 0.391. The summed E-state index contributed by atoms with van der Waals surface area (Å²) in [7, 11) is -1.74. The number of nitrogens with one attached hydrogen (secondary N) is 1. The van der Waals surface area contributed by atoms with E-state index in [4.69, 9.17) is 4.74 Å². The van der Waals surface area contributed by atoms with E-state index >= 15 is 0 Å². The van der Waals surface area contributed by atoms with Gasteiger partial charge in [-0.25, -0.2) is 8.42 Å². The number of carbonyl (C=O) groups excluding carboxylic acids is 2. The van der Waals surface area contributed by atoms with Crippen molar-refractivity contribution in [3.05, 3.63) is 59.7 Å². The summed E-state index contributed by atoms with van der Waals surface area (Å²) in [6.07, 6.45) is 0. The highest BCUT2D eigenvalue weighted by Gasteiger charge is 2.28. The molecule has 2 aromatic carbocycles. The van der Waals surface area contributed by atoms with E-state index in [0.29, 0.717) is 63.7 Å². The van der Waals surface area contributed by atoms with Crippen LogP contribution in [-0.2, 0) is 14.8 Å². The molecule has 176 valence electrons. The number of carbonyl (C=O) groups is 2. The Morgan fingerprint density at radius 3 is 2.33 bits per heavy atom. The highest BCUT2D eigenvalue weighted by molar-refractivity contribution is 7.89. The van der Waals surface area contributed by atoms with Gasteiger partial charge in [-0.2, -0.15) is 4.31 Å². The van der Waals surface area contributed by atoms with Crippen LogP contribution in [-0.4, -0.2) is 93.9 Å². The lowest BCUT2D eigenvalue weighted by Gasteiger charge is -2.31. The van der Waals surface area contributed by atoms with E-state index in [9.17, 15) is 18.0 Å². The first-order valence-electron chi connectivity index (χ1n) is 10.9. The molecule has 1 N–H and O–H groups in total. The number of benzene rings is 2. The number of para-hydroxylation sites is 1. The number of amides is 2. The van der Waals surface area contributed by atoms with Crippen LogP contribution < -0.4 is 5.32 Å². The summed E-state index contributed by atoms with van der Waals surface area (Å²) < 4.78 is 32.9. The van der Waals surface area contributed by atoms with Crippen molar-refractivity contribution in [3.63, 3.8) is 0 Å². The Morgan fingerprint density at radius 2 is 1.61 bits per heavy atom. The lowest BCUT2D eigenvalue weighted by atomic mass is 10.1. The highest BCUT2D eigenvalue weighted by Crippen LogP contribution is 2.22. The summed E-state index contributed by atoms with van der Waals surface area (Å²) in [4.78, 5) is 29.8. The van der Waals surface area contributed by atoms with Crippen LogP contribution in [0, 0.1) is 0 Å². The van der Waals surface area contributed by atoms with Gasteiger partial charge in [0.2, 0.25) is 10.0 Å². The van der Waals surface area contributed by atoms with Gasteiger partial charge < -0.3 is 19.9 Å². The van der Waals surface area contributed by atoms with Gasteiger partial charge in [-0.05, 0) is 37.4 Å². The summed E-state index contributed by atoms with van der Waals surface area (Å²) in [5.74, 6) is -0.659. The van der Waals surface area contributed by atoms with Gasteiger partial charge in [0.25, 0.3) is 11.8 Å². The van der Waals surface area contributed by atoms with Crippen molar-refractivity contribution in [2.24, 2.45) is 0 Å². The van der Waals surface area contributed by atoms with E-state index in [1.165, 1.54) is 16.4 Å². The average Bonchev–Trinajstić information content (AvgIpc) is 2.85. The van der Waals surface area contributed by atoms with Crippen LogP contribution in [0.5, 0.6) is 0 Å². The molecule has 10 heteroatoms. The molecule has 0 aliphatic carbocycles. The summed E-state index contributed by atoms with van der Waals surface area (Å²) in [6.45, 7) is 4.09. The van der Waals surface area contributed by atoms with Crippen LogP contribution in [0.15, 0.2) is 53.4 Å². The smallest absolute Gasteiger partial charge is 0.256 e. The first-order chi connectivity index (χ1) is 15.9. The van der Waals surface area contributed by atoms with E-state index in [-0.39, 0.29) is 16.4 Å². The van der Waals surface area contributed by atoms with Crippen molar-refractivity contribution in [2.75, 3.05) is 64.8 Å². The molecule has 0 spiro atoms. The quantitative estimate of drug-likeness (QED) is 0.705. The average molecular weight is 473 g/mol. The van der Waals surface area contributed by atoms with Crippen molar-refractivity contribution >= 4 is 27.5 Å². The maximum atomic E-state index is 13.1. The molecule has 2 amide bonds. The standard InChI is InChI=1S/C23H28N4O5S/c1-25-9-11-27(12-10-25)33(30,31)19-6-4-5-18(17-19)22(28)24-21-8-3-2-7-20(21)23(29)26-13-15-32-16-14-26/h2-8,17H,9-16H2,1H3,(H,24,28). The summed E-state index contributed by atoms with van der Waals surface area (Å²) in [6, 6.07) is 12.8. The number of sulfonamides is 1. The van der Waals surface area contributed by atoms with Crippen molar-refractivity contribution in [1.29, 1.82) is 0 Å². The fourth-order valence-electron chi connectivity index (χ4n) is 3.89. The molecule has 2 aliphatic rings.